The van der Waals surface area contributed by atoms with Gasteiger partial charge in [0.25, 0.3) is 0 Å². The van der Waals surface area contributed by atoms with Gasteiger partial charge in [-0.15, -0.1) is 0 Å². The minimum atomic E-state index is -0.652. The maximum absolute atomic E-state index is 13.5. The van der Waals surface area contributed by atoms with Crippen molar-refractivity contribution >= 4 is 17.6 Å². The number of carbonyl (C=O) groups is 3. The fourth-order valence-electron chi connectivity index (χ4n) is 5.57. The van der Waals surface area contributed by atoms with Gasteiger partial charge in [0.05, 0.1) is 18.3 Å². The molecule has 0 spiro atoms. The molecular weight excluding hydrogens is 444 g/mol. The number of furan rings is 1. The molecule has 8 nitrogen and oxygen atoms in total. The van der Waals surface area contributed by atoms with Crippen LogP contribution in [0, 0.1) is 11.8 Å². The summed E-state index contributed by atoms with van der Waals surface area (Å²) in [5, 5.41) is 2.94. The van der Waals surface area contributed by atoms with E-state index in [0.717, 1.165) is 18.4 Å². The molecule has 1 aliphatic heterocycles. The van der Waals surface area contributed by atoms with E-state index >= 15 is 0 Å². The van der Waals surface area contributed by atoms with E-state index in [1.54, 1.807) is 29.4 Å². The first kappa shape index (κ1) is 25.1. The summed E-state index contributed by atoms with van der Waals surface area (Å²) in [5.74, 6) is 0.825. The largest absolute Gasteiger partial charge is 0.468 e. The van der Waals surface area contributed by atoms with Crippen LogP contribution in [0.25, 0.3) is 0 Å². The van der Waals surface area contributed by atoms with Crippen molar-refractivity contribution in [2.75, 3.05) is 6.54 Å². The van der Waals surface area contributed by atoms with E-state index in [4.69, 9.17) is 10.2 Å². The van der Waals surface area contributed by atoms with Gasteiger partial charge in [0.2, 0.25) is 11.8 Å². The Bertz CT molecular complexity index is 988. The van der Waals surface area contributed by atoms with Gasteiger partial charge in [-0.2, -0.15) is 0 Å². The fraction of sp³-hybridized carbons (Fsp3) is 0.556. The number of ketones is 1. The normalized spacial score (nSPS) is 22.5. The van der Waals surface area contributed by atoms with Crippen LogP contribution in [0.4, 0.5) is 0 Å². The highest BCUT2D eigenvalue weighted by Crippen LogP contribution is 2.38. The summed E-state index contributed by atoms with van der Waals surface area (Å²) in [6.07, 6.45) is 11.9. The number of rotatable bonds is 9. The highest BCUT2D eigenvalue weighted by atomic mass is 16.3. The third-order valence-electron chi connectivity index (χ3n) is 7.57. The Balaban J connectivity index is 1.48. The standard InChI is InChI=1S/C27H36N4O4/c1-18(32)23(14-19-9-11-29-12-10-19)30-27(34)24-15-21(20-6-3-2-4-7-20)17-31(24)26(33)16-22(28)25-8-5-13-35-25/h5,8-13,20-24H,2-4,6-7,14-17,28H2,1H3,(H,30,34)/t21?,22?,23-,24-/m0/s1. The number of nitrogens with zero attached hydrogens (tertiary/aromatic N) is 2. The fourth-order valence-corrected chi connectivity index (χ4v) is 5.57. The number of hydrogen-bond acceptors (Lipinski definition) is 6. The summed E-state index contributed by atoms with van der Waals surface area (Å²) < 4.78 is 5.37. The van der Waals surface area contributed by atoms with Crippen LogP contribution >= 0.6 is 0 Å². The number of pyridine rings is 1. The Morgan fingerprint density at radius 3 is 2.54 bits per heavy atom. The molecule has 3 N–H and O–H groups in total. The molecule has 3 heterocycles. The average molecular weight is 481 g/mol. The third-order valence-corrected chi connectivity index (χ3v) is 7.57. The second-order valence-electron chi connectivity index (χ2n) is 10.0. The molecule has 0 radical (unpaired) electrons. The minimum absolute atomic E-state index is 0.0713. The van der Waals surface area contributed by atoms with Gasteiger partial charge in [-0.05, 0) is 61.4 Å². The Morgan fingerprint density at radius 1 is 1.14 bits per heavy atom. The summed E-state index contributed by atoms with van der Waals surface area (Å²) in [4.78, 5) is 44.9. The van der Waals surface area contributed by atoms with Crippen LogP contribution in [0.5, 0.6) is 0 Å². The average Bonchev–Trinajstić information content (AvgIpc) is 3.56. The van der Waals surface area contributed by atoms with Crippen LogP contribution in [-0.4, -0.2) is 46.1 Å². The molecule has 2 aliphatic rings. The maximum atomic E-state index is 13.5. The van der Waals surface area contributed by atoms with Crippen molar-refractivity contribution in [1.29, 1.82) is 0 Å². The quantitative estimate of drug-likeness (QED) is 0.569. The number of nitrogens with one attached hydrogen (secondary N) is 1. The lowest BCUT2D eigenvalue weighted by Crippen LogP contribution is -2.51. The first-order chi connectivity index (χ1) is 16.9. The van der Waals surface area contributed by atoms with Crippen LogP contribution < -0.4 is 11.1 Å². The molecule has 2 amide bonds. The SMILES string of the molecule is CC(=O)[C@H](Cc1ccncc1)NC(=O)[C@@H]1CC(C2CCCCC2)CN1C(=O)CC(N)c1ccco1. The Hall–Kier alpha value is -3.00. The molecule has 35 heavy (non-hydrogen) atoms. The molecule has 188 valence electrons. The van der Waals surface area contributed by atoms with Gasteiger partial charge in [0, 0.05) is 25.4 Å². The smallest absolute Gasteiger partial charge is 0.243 e. The van der Waals surface area contributed by atoms with Crippen molar-refractivity contribution in [3.8, 4) is 0 Å². The summed E-state index contributed by atoms with van der Waals surface area (Å²) in [6, 6.07) is 5.36. The number of amides is 2. The lowest BCUT2D eigenvalue weighted by atomic mass is 9.79. The lowest BCUT2D eigenvalue weighted by Gasteiger charge is -2.28. The molecule has 2 fully saturated rings. The van der Waals surface area contributed by atoms with Gasteiger partial charge >= 0.3 is 0 Å². The second kappa shape index (κ2) is 11.6. The zero-order chi connectivity index (χ0) is 24.8. The third kappa shape index (κ3) is 6.36. The van der Waals surface area contributed by atoms with Gasteiger partial charge in [-0.25, -0.2) is 0 Å². The number of likely N-dealkylation sites (tertiary alicyclic amines) is 1. The minimum Gasteiger partial charge on any atom is -0.468 e. The molecule has 0 bridgehead atoms. The number of nitrogens with two attached hydrogens (primary N) is 1. The number of aromatic nitrogens is 1. The molecule has 1 saturated carbocycles. The summed E-state index contributed by atoms with van der Waals surface area (Å²) in [7, 11) is 0. The van der Waals surface area contributed by atoms with E-state index in [-0.39, 0.29) is 29.9 Å². The van der Waals surface area contributed by atoms with Gasteiger partial charge in [0.1, 0.15) is 11.8 Å². The summed E-state index contributed by atoms with van der Waals surface area (Å²) >= 11 is 0. The van der Waals surface area contributed by atoms with Crippen LogP contribution in [0.2, 0.25) is 0 Å². The topological polar surface area (TPSA) is 119 Å². The van der Waals surface area contributed by atoms with Crippen molar-refractivity contribution in [2.24, 2.45) is 17.6 Å². The molecule has 2 unspecified atom stereocenters. The van der Waals surface area contributed by atoms with Gasteiger partial charge in [-0.3, -0.25) is 19.4 Å². The van der Waals surface area contributed by atoms with Crippen molar-refractivity contribution in [2.45, 2.75) is 76.4 Å². The van der Waals surface area contributed by atoms with E-state index in [9.17, 15) is 14.4 Å². The first-order valence-corrected chi connectivity index (χ1v) is 12.7. The van der Waals surface area contributed by atoms with E-state index < -0.39 is 18.1 Å². The molecule has 1 saturated heterocycles. The molecule has 2 aromatic heterocycles. The molecule has 0 aromatic carbocycles. The van der Waals surface area contributed by atoms with Gasteiger partial charge < -0.3 is 20.4 Å². The Kier molecular flexibility index (Phi) is 8.33. The molecular formula is C27H36N4O4. The number of hydrogen-bond donors (Lipinski definition) is 2. The van der Waals surface area contributed by atoms with Crippen LogP contribution in [0.15, 0.2) is 47.3 Å². The van der Waals surface area contributed by atoms with Crippen LogP contribution in [0.1, 0.15) is 69.2 Å². The highest BCUT2D eigenvalue weighted by molar-refractivity contribution is 5.92. The van der Waals surface area contributed by atoms with Gasteiger partial charge in [-0.1, -0.05) is 32.1 Å². The number of carbonyl (C=O) groups excluding carboxylic acids is 3. The van der Waals surface area contributed by atoms with Crippen molar-refractivity contribution in [1.82, 2.24) is 15.2 Å². The zero-order valence-corrected chi connectivity index (χ0v) is 20.4. The first-order valence-electron chi connectivity index (χ1n) is 12.7. The van der Waals surface area contributed by atoms with E-state index in [1.165, 1.54) is 32.4 Å². The van der Waals surface area contributed by atoms with E-state index in [0.29, 0.717) is 31.1 Å². The predicted molar refractivity (Wildman–Crippen MR) is 131 cm³/mol. The van der Waals surface area contributed by atoms with Crippen LogP contribution in [-0.2, 0) is 20.8 Å². The molecule has 1 aliphatic carbocycles. The Labute approximate surface area is 206 Å². The highest BCUT2D eigenvalue weighted by Gasteiger charge is 2.43. The van der Waals surface area contributed by atoms with Crippen molar-refractivity contribution in [3.05, 3.63) is 54.2 Å². The number of Topliss-reactive ketones (excluding diaryl/α,β-unsaturated/α-hetero) is 1. The van der Waals surface area contributed by atoms with Gasteiger partial charge in [0.15, 0.2) is 5.78 Å². The summed E-state index contributed by atoms with van der Waals surface area (Å²) in [6.45, 7) is 2.04. The monoisotopic (exact) mass is 480 g/mol. The maximum Gasteiger partial charge on any atom is 0.243 e. The van der Waals surface area contributed by atoms with Crippen molar-refractivity contribution in [3.63, 3.8) is 0 Å². The van der Waals surface area contributed by atoms with Crippen LogP contribution in [0.3, 0.4) is 0 Å². The zero-order valence-electron chi connectivity index (χ0n) is 20.4. The predicted octanol–water partition coefficient (Wildman–Crippen LogP) is 3.18. The molecule has 2 aromatic rings. The molecule has 4 atom stereocenters. The summed E-state index contributed by atoms with van der Waals surface area (Å²) in [5.41, 5.74) is 7.14. The second-order valence-corrected chi connectivity index (χ2v) is 10.0. The Morgan fingerprint density at radius 2 is 1.89 bits per heavy atom. The van der Waals surface area contributed by atoms with E-state index in [2.05, 4.69) is 10.3 Å². The molecule has 4 rings (SSSR count). The van der Waals surface area contributed by atoms with E-state index in [1.807, 2.05) is 12.1 Å². The van der Waals surface area contributed by atoms with Crippen molar-refractivity contribution < 1.29 is 18.8 Å². The molecule has 8 heteroatoms. The lowest BCUT2D eigenvalue weighted by molar-refractivity contribution is -0.139.